The molecule has 3 rings (SSSR count). The summed E-state index contributed by atoms with van der Waals surface area (Å²) in [6.07, 6.45) is 3.27. The van der Waals surface area contributed by atoms with Gasteiger partial charge in [-0.05, 0) is 29.5 Å². The van der Waals surface area contributed by atoms with E-state index in [0.717, 1.165) is 16.8 Å². The topological polar surface area (TPSA) is 108 Å². The Hall–Kier alpha value is -3.20. The molecule has 1 aromatic carbocycles. The number of nitrogens with zero attached hydrogens (tertiary/aromatic N) is 5. The Kier molecular flexibility index (Phi) is 5.22. The molecule has 0 saturated heterocycles. The van der Waals surface area contributed by atoms with Gasteiger partial charge in [-0.15, -0.1) is 0 Å². The first-order chi connectivity index (χ1) is 12.8. The van der Waals surface area contributed by atoms with Gasteiger partial charge in [0.2, 0.25) is 0 Å². The molecule has 3 aromatic rings. The van der Waals surface area contributed by atoms with E-state index >= 15 is 0 Å². The molecule has 0 aliphatic heterocycles. The van der Waals surface area contributed by atoms with Crippen molar-refractivity contribution in [3.63, 3.8) is 0 Å². The number of hydrogen-bond acceptors (Lipinski definition) is 5. The molecule has 0 atom stereocenters. The Labute approximate surface area is 159 Å². The molecule has 2 aromatic heterocycles. The molecule has 0 spiro atoms. The molecule has 2 heterocycles. The molecule has 0 bridgehead atoms. The lowest BCUT2D eigenvalue weighted by molar-refractivity contribution is -0.389. The molecule has 27 heavy (non-hydrogen) atoms. The van der Waals surface area contributed by atoms with Gasteiger partial charge in [0.25, 0.3) is 5.91 Å². The molecule has 0 unspecified atom stereocenters. The highest BCUT2D eigenvalue weighted by molar-refractivity contribution is 6.32. The third-order valence-electron chi connectivity index (χ3n) is 3.99. The minimum absolute atomic E-state index is 0.0123. The maximum Gasteiger partial charge on any atom is 0.408 e. The highest BCUT2D eigenvalue weighted by Crippen LogP contribution is 2.21. The summed E-state index contributed by atoms with van der Waals surface area (Å²) >= 11 is 5.79. The van der Waals surface area contributed by atoms with Gasteiger partial charge in [0.05, 0.1) is 23.5 Å². The summed E-state index contributed by atoms with van der Waals surface area (Å²) in [6.45, 7) is 2.60. The van der Waals surface area contributed by atoms with Gasteiger partial charge < -0.3 is 15.4 Å². The summed E-state index contributed by atoms with van der Waals surface area (Å²) in [5.74, 6) is -0.569. The van der Waals surface area contributed by atoms with E-state index in [1.165, 1.54) is 10.9 Å². The minimum Gasteiger partial charge on any atom is -0.358 e. The molecular weight excluding hydrogens is 372 g/mol. The van der Waals surface area contributed by atoms with Crippen LogP contribution in [0.1, 0.15) is 27.2 Å². The van der Waals surface area contributed by atoms with E-state index in [1.807, 2.05) is 20.2 Å². The molecule has 10 heteroatoms. The van der Waals surface area contributed by atoms with E-state index in [1.54, 1.807) is 28.9 Å². The molecule has 140 valence electrons. The van der Waals surface area contributed by atoms with E-state index < -0.39 is 4.92 Å². The van der Waals surface area contributed by atoms with Crippen molar-refractivity contribution in [1.82, 2.24) is 24.9 Å². The summed E-state index contributed by atoms with van der Waals surface area (Å²) in [6, 6.07) is 6.93. The highest BCUT2D eigenvalue weighted by atomic mass is 35.5. The fourth-order valence-electron chi connectivity index (χ4n) is 2.64. The Morgan fingerprint density at radius 1 is 1.26 bits per heavy atom. The van der Waals surface area contributed by atoms with Crippen LogP contribution in [-0.2, 0) is 20.1 Å². The molecular formula is C17H17ClN6O3. The molecule has 9 nitrogen and oxygen atoms in total. The van der Waals surface area contributed by atoms with Crippen LogP contribution in [0.5, 0.6) is 0 Å². The van der Waals surface area contributed by atoms with Crippen molar-refractivity contribution < 1.29 is 9.72 Å². The lowest BCUT2D eigenvalue weighted by Gasteiger charge is -2.05. The Morgan fingerprint density at radius 2 is 1.96 bits per heavy atom. The summed E-state index contributed by atoms with van der Waals surface area (Å²) < 4.78 is 3.10. The van der Waals surface area contributed by atoms with Gasteiger partial charge >= 0.3 is 5.82 Å². The number of carbonyl (C=O) groups is 1. The average Bonchev–Trinajstić information content (AvgIpc) is 3.14. The number of nitro groups is 1. The van der Waals surface area contributed by atoms with Crippen molar-refractivity contribution in [2.45, 2.75) is 20.0 Å². The van der Waals surface area contributed by atoms with Crippen LogP contribution in [0.25, 0.3) is 0 Å². The molecule has 0 saturated carbocycles. The monoisotopic (exact) mass is 388 g/mol. The quantitative estimate of drug-likeness (QED) is 0.515. The van der Waals surface area contributed by atoms with E-state index in [9.17, 15) is 14.9 Å². The van der Waals surface area contributed by atoms with Crippen molar-refractivity contribution >= 4 is 23.3 Å². The van der Waals surface area contributed by atoms with E-state index in [-0.39, 0.29) is 16.7 Å². The first kappa shape index (κ1) is 18.6. The number of nitrogens with one attached hydrogen (secondary N) is 1. The average molecular weight is 389 g/mol. The molecule has 0 radical (unpaired) electrons. The Bertz CT molecular complexity index is 993. The molecule has 0 fully saturated rings. The lowest BCUT2D eigenvalue weighted by Crippen LogP contribution is -2.22. The largest absolute Gasteiger partial charge is 0.408 e. The van der Waals surface area contributed by atoms with Crippen LogP contribution in [0.3, 0.4) is 0 Å². The zero-order valence-corrected chi connectivity index (χ0v) is 15.5. The van der Waals surface area contributed by atoms with Crippen molar-refractivity contribution in [3.8, 4) is 0 Å². The van der Waals surface area contributed by atoms with Gasteiger partial charge in [-0.1, -0.05) is 23.7 Å². The van der Waals surface area contributed by atoms with Crippen molar-refractivity contribution in [2.75, 3.05) is 0 Å². The Balaban J connectivity index is 1.62. The van der Waals surface area contributed by atoms with Crippen molar-refractivity contribution in [3.05, 3.63) is 74.2 Å². The Morgan fingerprint density at radius 3 is 2.52 bits per heavy atom. The number of aryl methyl sites for hydroxylation is 2. The maximum absolute atomic E-state index is 12.3. The van der Waals surface area contributed by atoms with E-state index in [0.29, 0.717) is 18.7 Å². The second-order valence-corrected chi connectivity index (χ2v) is 6.46. The smallest absolute Gasteiger partial charge is 0.358 e. The second kappa shape index (κ2) is 7.58. The highest BCUT2D eigenvalue weighted by Gasteiger charge is 2.19. The molecule has 1 amide bonds. The maximum atomic E-state index is 12.3. The normalized spacial score (nSPS) is 10.8. The number of aromatic nitrogens is 4. The predicted molar refractivity (Wildman–Crippen MR) is 98.6 cm³/mol. The summed E-state index contributed by atoms with van der Waals surface area (Å²) in [7, 11) is 1.83. The first-order valence-corrected chi connectivity index (χ1v) is 8.45. The van der Waals surface area contributed by atoms with Gasteiger partial charge in [0, 0.05) is 30.9 Å². The van der Waals surface area contributed by atoms with Crippen molar-refractivity contribution in [2.24, 2.45) is 7.05 Å². The number of halogens is 1. The zero-order valence-electron chi connectivity index (χ0n) is 14.7. The molecule has 1 N–H and O–H groups in total. The second-order valence-electron chi connectivity index (χ2n) is 6.05. The first-order valence-electron chi connectivity index (χ1n) is 8.07. The minimum atomic E-state index is -0.629. The molecule has 0 aliphatic rings. The third kappa shape index (κ3) is 4.32. The van der Waals surface area contributed by atoms with Gasteiger partial charge in [-0.2, -0.15) is 9.78 Å². The van der Waals surface area contributed by atoms with Crippen LogP contribution in [0.2, 0.25) is 5.02 Å². The van der Waals surface area contributed by atoms with Gasteiger partial charge in [0.1, 0.15) is 0 Å². The van der Waals surface area contributed by atoms with Crippen molar-refractivity contribution in [1.29, 1.82) is 0 Å². The lowest BCUT2D eigenvalue weighted by atomic mass is 10.1. The van der Waals surface area contributed by atoms with Gasteiger partial charge in [0.15, 0.2) is 5.02 Å². The number of amides is 1. The van der Waals surface area contributed by atoms with Gasteiger partial charge in [-0.25, -0.2) is 0 Å². The number of hydrogen-bond donors (Lipinski definition) is 1. The summed E-state index contributed by atoms with van der Waals surface area (Å²) in [4.78, 5) is 22.4. The van der Waals surface area contributed by atoms with Crippen LogP contribution in [-0.4, -0.2) is 30.4 Å². The van der Waals surface area contributed by atoms with Crippen LogP contribution < -0.4 is 5.32 Å². The number of carbonyl (C=O) groups excluding carboxylic acids is 1. The van der Waals surface area contributed by atoms with Crippen LogP contribution >= 0.6 is 11.6 Å². The third-order valence-corrected chi connectivity index (χ3v) is 4.25. The van der Waals surface area contributed by atoms with Gasteiger partial charge in [-0.3, -0.25) is 9.48 Å². The fraction of sp³-hybridized carbons (Fsp3) is 0.235. The zero-order chi connectivity index (χ0) is 19.6. The summed E-state index contributed by atoms with van der Waals surface area (Å²) in [5.41, 5.74) is 3.19. The standard InChI is InChI=1S/C17H17ClN6O3/c1-11-14(9-22(2)20-11)7-19-17(25)13-5-3-12(4-6-13)8-23-10-15(18)16(21-23)24(26)27/h3-6,9-10H,7-8H2,1-2H3,(H,19,25). The fourth-order valence-corrected chi connectivity index (χ4v) is 2.86. The number of rotatable bonds is 6. The number of benzene rings is 1. The van der Waals surface area contributed by atoms with Crippen LogP contribution in [0, 0.1) is 17.0 Å². The van der Waals surface area contributed by atoms with Crippen LogP contribution in [0.15, 0.2) is 36.7 Å². The van der Waals surface area contributed by atoms with E-state index in [4.69, 9.17) is 11.6 Å². The SMILES string of the molecule is Cc1nn(C)cc1CNC(=O)c1ccc(Cn2cc(Cl)c([N+](=O)[O-])n2)cc1. The summed E-state index contributed by atoms with van der Waals surface area (Å²) in [5, 5.41) is 21.7. The van der Waals surface area contributed by atoms with Crippen LogP contribution in [0.4, 0.5) is 5.82 Å². The predicted octanol–water partition coefficient (Wildman–Crippen LogP) is 2.46. The van der Waals surface area contributed by atoms with E-state index in [2.05, 4.69) is 15.5 Å². The molecule has 0 aliphatic carbocycles.